The second-order valence-electron chi connectivity index (χ2n) is 8.28. The molecule has 4 aromatic rings. The van der Waals surface area contributed by atoms with Gasteiger partial charge in [0.25, 0.3) is 0 Å². The van der Waals surface area contributed by atoms with Gasteiger partial charge in [0.15, 0.2) is 0 Å². The van der Waals surface area contributed by atoms with Crippen LogP contribution in [0.3, 0.4) is 0 Å². The summed E-state index contributed by atoms with van der Waals surface area (Å²) in [5.41, 5.74) is 4.67. The van der Waals surface area contributed by atoms with E-state index in [9.17, 15) is 9.18 Å². The molecule has 2 N–H and O–H groups in total. The molecule has 8 nitrogen and oxygen atoms in total. The zero-order valence-corrected chi connectivity index (χ0v) is 18.4. The van der Waals surface area contributed by atoms with Crippen LogP contribution in [0.4, 0.5) is 21.7 Å². The van der Waals surface area contributed by atoms with Crippen molar-refractivity contribution in [2.75, 3.05) is 29.9 Å². The van der Waals surface area contributed by atoms with E-state index in [-0.39, 0.29) is 18.1 Å². The van der Waals surface area contributed by atoms with E-state index in [4.69, 9.17) is 0 Å². The molecule has 0 unspecified atom stereocenters. The number of nitrogens with zero attached hydrogens (tertiary/aromatic N) is 5. The van der Waals surface area contributed by atoms with Crippen LogP contribution in [0.25, 0.3) is 16.8 Å². The van der Waals surface area contributed by atoms with Gasteiger partial charge in [-0.25, -0.2) is 18.9 Å². The Balaban J connectivity index is 1.40. The van der Waals surface area contributed by atoms with E-state index in [0.29, 0.717) is 30.6 Å². The maximum absolute atomic E-state index is 14.8. The predicted octanol–water partition coefficient (Wildman–Crippen LogP) is 3.73. The molecule has 1 amide bonds. The number of benzene rings is 1. The van der Waals surface area contributed by atoms with Gasteiger partial charge in [0.1, 0.15) is 5.82 Å². The lowest BCUT2D eigenvalue weighted by atomic mass is 10.0. The lowest BCUT2D eigenvalue weighted by molar-refractivity contribution is -0.118. The van der Waals surface area contributed by atoms with Crippen LogP contribution in [0.5, 0.6) is 0 Å². The highest BCUT2D eigenvalue weighted by atomic mass is 19.1. The van der Waals surface area contributed by atoms with E-state index in [0.717, 1.165) is 16.8 Å². The molecule has 0 saturated carbocycles. The highest BCUT2D eigenvalue weighted by Crippen LogP contribution is 2.27. The highest BCUT2D eigenvalue weighted by molar-refractivity contribution is 5.95. The number of carbonyl (C=O) groups excluding carboxylic acids is 1. The van der Waals surface area contributed by atoms with Gasteiger partial charge < -0.3 is 15.5 Å². The molecular formula is C24H24FN7O. The van der Waals surface area contributed by atoms with Crippen molar-refractivity contribution in [1.29, 1.82) is 0 Å². The Labute approximate surface area is 190 Å². The zero-order chi connectivity index (χ0) is 22.9. The summed E-state index contributed by atoms with van der Waals surface area (Å²) in [7, 11) is 0. The van der Waals surface area contributed by atoms with E-state index in [1.54, 1.807) is 18.3 Å². The minimum absolute atomic E-state index is 0.146. The number of anilines is 3. The number of aromatic nitrogens is 4. The molecule has 33 heavy (non-hydrogen) atoms. The van der Waals surface area contributed by atoms with Crippen molar-refractivity contribution in [3.05, 3.63) is 66.4 Å². The van der Waals surface area contributed by atoms with Crippen LogP contribution < -0.4 is 15.5 Å². The van der Waals surface area contributed by atoms with E-state index in [2.05, 4.69) is 45.6 Å². The molecule has 1 saturated heterocycles. The summed E-state index contributed by atoms with van der Waals surface area (Å²) in [6.45, 7) is 5.56. The SMILES string of the molecule is CC(C)c1cnn2ccc(-c3ccnc(Nc4ccc(N5CCNCC5=O)c(F)c4)n3)cc12. The third kappa shape index (κ3) is 4.14. The Kier molecular flexibility index (Phi) is 5.47. The smallest absolute Gasteiger partial charge is 0.241 e. The fourth-order valence-corrected chi connectivity index (χ4v) is 3.98. The molecular weight excluding hydrogens is 421 g/mol. The second-order valence-corrected chi connectivity index (χ2v) is 8.28. The molecule has 9 heteroatoms. The predicted molar refractivity (Wildman–Crippen MR) is 125 cm³/mol. The van der Waals surface area contributed by atoms with Gasteiger partial charge in [-0.15, -0.1) is 0 Å². The molecule has 0 aliphatic carbocycles. The van der Waals surface area contributed by atoms with Crippen molar-refractivity contribution < 1.29 is 9.18 Å². The molecule has 1 aliphatic rings. The van der Waals surface area contributed by atoms with Crippen LogP contribution in [0, 0.1) is 5.82 Å². The van der Waals surface area contributed by atoms with Crippen molar-refractivity contribution in [3.8, 4) is 11.3 Å². The first-order valence-electron chi connectivity index (χ1n) is 10.9. The normalized spacial score (nSPS) is 14.3. The van der Waals surface area contributed by atoms with Crippen molar-refractivity contribution >= 4 is 28.7 Å². The molecule has 0 atom stereocenters. The Morgan fingerprint density at radius 2 is 2.06 bits per heavy atom. The van der Waals surface area contributed by atoms with Crippen molar-refractivity contribution in [3.63, 3.8) is 0 Å². The molecule has 1 aliphatic heterocycles. The maximum Gasteiger partial charge on any atom is 0.241 e. The van der Waals surface area contributed by atoms with Crippen LogP contribution in [-0.2, 0) is 4.79 Å². The lowest BCUT2D eigenvalue weighted by Gasteiger charge is -2.27. The summed E-state index contributed by atoms with van der Waals surface area (Å²) in [6.07, 6.45) is 5.47. The first-order valence-corrected chi connectivity index (χ1v) is 10.9. The van der Waals surface area contributed by atoms with Gasteiger partial charge in [0, 0.05) is 42.3 Å². The zero-order valence-electron chi connectivity index (χ0n) is 18.4. The number of hydrogen-bond donors (Lipinski definition) is 2. The van der Waals surface area contributed by atoms with Gasteiger partial charge in [-0.1, -0.05) is 13.8 Å². The first-order chi connectivity index (χ1) is 16.0. The van der Waals surface area contributed by atoms with Gasteiger partial charge in [0.05, 0.1) is 29.6 Å². The van der Waals surface area contributed by atoms with E-state index in [1.807, 2.05) is 29.0 Å². The summed E-state index contributed by atoms with van der Waals surface area (Å²) in [6, 6.07) is 10.5. The number of halogens is 1. The number of fused-ring (bicyclic) bond motifs is 1. The van der Waals surface area contributed by atoms with Gasteiger partial charge in [-0.2, -0.15) is 5.10 Å². The van der Waals surface area contributed by atoms with Crippen LogP contribution in [0.15, 0.2) is 55.0 Å². The highest BCUT2D eigenvalue weighted by Gasteiger charge is 2.22. The van der Waals surface area contributed by atoms with Gasteiger partial charge >= 0.3 is 0 Å². The average molecular weight is 446 g/mol. The number of piperazine rings is 1. The quantitative estimate of drug-likeness (QED) is 0.487. The standard InChI is InChI=1S/C24H24FN7O/c1-15(2)18-13-28-32-9-6-16(11-22(18)32)20-5-7-27-24(30-20)29-17-3-4-21(19(25)12-17)31-10-8-26-14-23(31)33/h3-7,9,11-13,15,26H,8,10,14H2,1-2H3,(H,27,29,30). The van der Waals surface area contributed by atoms with E-state index < -0.39 is 5.82 Å². The summed E-state index contributed by atoms with van der Waals surface area (Å²) in [5, 5.41) is 10.5. The third-order valence-electron chi connectivity index (χ3n) is 5.71. The van der Waals surface area contributed by atoms with Crippen molar-refractivity contribution in [1.82, 2.24) is 24.9 Å². The Bertz CT molecular complexity index is 1330. The Morgan fingerprint density at radius 3 is 2.85 bits per heavy atom. The van der Waals surface area contributed by atoms with Crippen molar-refractivity contribution in [2.45, 2.75) is 19.8 Å². The first kappa shape index (κ1) is 21.0. The minimum atomic E-state index is -0.473. The van der Waals surface area contributed by atoms with Crippen molar-refractivity contribution in [2.24, 2.45) is 0 Å². The number of rotatable bonds is 5. The van der Waals surface area contributed by atoms with Crippen LogP contribution in [-0.4, -0.2) is 45.1 Å². The molecule has 4 heterocycles. The lowest BCUT2D eigenvalue weighted by Crippen LogP contribution is -2.48. The van der Waals surface area contributed by atoms with Gasteiger partial charge in [0.2, 0.25) is 11.9 Å². The molecule has 1 aromatic carbocycles. The van der Waals surface area contributed by atoms with Crippen LogP contribution in [0.1, 0.15) is 25.3 Å². The summed E-state index contributed by atoms with van der Waals surface area (Å²) in [4.78, 5) is 22.4. The summed E-state index contributed by atoms with van der Waals surface area (Å²) in [5.74, 6) is 0.0941. The molecule has 1 fully saturated rings. The maximum atomic E-state index is 14.8. The fourth-order valence-electron chi connectivity index (χ4n) is 3.98. The third-order valence-corrected chi connectivity index (χ3v) is 5.71. The molecule has 168 valence electrons. The Morgan fingerprint density at radius 1 is 1.18 bits per heavy atom. The minimum Gasteiger partial charge on any atom is -0.324 e. The number of hydrogen-bond acceptors (Lipinski definition) is 6. The average Bonchev–Trinajstić information content (AvgIpc) is 3.24. The van der Waals surface area contributed by atoms with Gasteiger partial charge in [-0.3, -0.25) is 4.79 Å². The number of nitrogens with one attached hydrogen (secondary N) is 2. The molecule has 0 spiro atoms. The van der Waals surface area contributed by atoms with Gasteiger partial charge in [-0.05, 0) is 42.3 Å². The van der Waals surface area contributed by atoms with E-state index in [1.165, 1.54) is 16.5 Å². The van der Waals surface area contributed by atoms with Crippen LogP contribution >= 0.6 is 0 Å². The second kappa shape index (κ2) is 8.59. The summed E-state index contributed by atoms with van der Waals surface area (Å²) < 4.78 is 16.6. The Hall–Kier alpha value is -3.85. The number of carbonyl (C=O) groups is 1. The topological polar surface area (TPSA) is 87.5 Å². The molecule has 0 bridgehead atoms. The molecule has 0 radical (unpaired) electrons. The number of amides is 1. The fraction of sp³-hybridized carbons (Fsp3) is 0.250. The molecule has 5 rings (SSSR count). The van der Waals surface area contributed by atoms with E-state index >= 15 is 0 Å². The number of pyridine rings is 1. The van der Waals surface area contributed by atoms with Crippen LogP contribution in [0.2, 0.25) is 0 Å². The molecule has 3 aromatic heterocycles. The largest absolute Gasteiger partial charge is 0.324 e. The monoisotopic (exact) mass is 445 g/mol. The summed E-state index contributed by atoms with van der Waals surface area (Å²) >= 11 is 0.